The number of rotatable bonds is 4. The molecule has 0 bridgehead atoms. The third-order valence-electron chi connectivity index (χ3n) is 3.78. The molecule has 0 saturated carbocycles. The zero-order valence-corrected chi connectivity index (χ0v) is 16.5. The number of aromatic amines is 1. The molecule has 0 spiro atoms. The second-order valence-electron chi connectivity index (χ2n) is 5.49. The molecule has 0 radical (unpaired) electrons. The normalized spacial score (nSPS) is 10.9. The number of amides is 1. The SMILES string of the molecule is Cc1nn(Cc2ccc(Cl)cc2Cl)c(C)c1NC(=O)c1[nH]ncc1Br. The van der Waals surface area contributed by atoms with E-state index in [2.05, 4.69) is 36.5 Å². The highest BCUT2D eigenvalue weighted by molar-refractivity contribution is 9.10. The van der Waals surface area contributed by atoms with E-state index >= 15 is 0 Å². The summed E-state index contributed by atoms with van der Waals surface area (Å²) in [6, 6.07) is 5.34. The van der Waals surface area contributed by atoms with Crippen LogP contribution < -0.4 is 5.32 Å². The van der Waals surface area contributed by atoms with E-state index < -0.39 is 0 Å². The fraction of sp³-hybridized carbons (Fsp3) is 0.188. The Balaban J connectivity index is 1.86. The predicted octanol–water partition coefficient (Wildman–Crippen LogP) is 4.59. The van der Waals surface area contributed by atoms with E-state index in [0.717, 1.165) is 11.3 Å². The van der Waals surface area contributed by atoms with Gasteiger partial charge in [0, 0.05) is 10.0 Å². The van der Waals surface area contributed by atoms with E-state index in [1.807, 2.05) is 19.9 Å². The van der Waals surface area contributed by atoms with Crippen molar-refractivity contribution in [1.82, 2.24) is 20.0 Å². The number of benzene rings is 1. The molecule has 0 aliphatic carbocycles. The number of aromatic nitrogens is 4. The Morgan fingerprint density at radius 2 is 2.12 bits per heavy atom. The van der Waals surface area contributed by atoms with Gasteiger partial charge < -0.3 is 5.32 Å². The van der Waals surface area contributed by atoms with Gasteiger partial charge in [0.15, 0.2) is 0 Å². The van der Waals surface area contributed by atoms with Crippen molar-refractivity contribution in [1.29, 1.82) is 0 Å². The van der Waals surface area contributed by atoms with Gasteiger partial charge in [0.1, 0.15) is 5.69 Å². The Hall–Kier alpha value is -1.83. The molecule has 3 aromatic rings. The number of carbonyl (C=O) groups excluding carboxylic acids is 1. The third-order valence-corrected chi connectivity index (χ3v) is 4.96. The van der Waals surface area contributed by atoms with Gasteiger partial charge in [-0.2, -0.15) is 10.2 Å². The molecule has 0 aliphatic rings. The summed E-state index contributed by atoms with van der Waals surface area (Å²) in [5.41, 5.74) is 3.45. The Labute approximate surface area is 162 Å². The van der Waals surface area contributed by atoms with Crippen LogP contribution in [0.3, 0.4) is 0 Å². The predicted molar refractivity (Wildman–Crippen MR) is 102 cm³/mol. The van der Waals surface area contributed by atoms with Crippen LogP contribution in [-0.4, -0.2) is 25.9 Å². The number of aryl methyl sites for hydroxylation is 1. The van der Waals surface area contributed by atoms with Crippen molar-refractivity contribution in [3.8, 4) is 0 Å². The molecule has 25 heavy (non-hydrogen) atoms. The second-order valence-corrected chi connectivity index (χ2v) is 7.18. The minimum atomic E-state index is -0.292. The fourth-order valence-electron chi connectivity index (χ4n) is 2.45. The maximum atomic E-state index is 12.4. The van der Waals surface area contributed by atoms with Crippen LogP contribution in [0.1, 0.15) is 27.4 Å². The van der Waals surface area contributed by atoms with E-state index in [4.69, 9.17) is 23.2 Å². The lowest BCUT2D eigenvalue weighted by molar-refractivity contribution is 0.102. The number of halogens is 3. The van der Waals surface area contributed by atoms with Crippen LogP contribution in [0, 0.1) is 13.8 Å². The van der Waals surface area contributed by atoms with Crippen LogP contribution in [0.25, 0.3) is 0 Å². The van der Waals surface area contributed by atoms with E-state index in [9.17, 15) is 4.79 Å². The molecule has 3 rings (SSSR count). The third kappa shape index (κ3) is 3.73. The minimum absolute atomic E-state index is 0.292. The number of nitrogens with zero attached hydrogens (tertiary/aromatic N) is 3. The van der Waals surface area contributed by atoms with E-state index in [-0.39, 0.29) is 5.91 Å². The summed E-state index contributed by atoms with van der Waals surface area (Å²) in [5.74, 6) is -0.292. The Morgan fingerprint density at radius 3 is 2.76 bits per heavy atom. The zero-order valence-electron chi connectivity index (χ0n) is 13.4. The minimum Gasteiger partial charge on any atom is -0.317 e. The van der Waals surface area contributed by atoms with Gasteiger partial charge in [-0.25, -0.2) is 0 Å². The summed E-state index contributed by atoms with van der Waals surface area (Å²) in [7, 11) is 0. The van der Waals surface area contributed by atoms with Crippen LogP contribution in [-0.2, 0) is 6.54 Å². The van der Waals surface area contributed by atoms with Crippen molar-refractivity contribution in [2.24, 2.45) is 0 Å². The van der Waals surface area contributed by atoms with Gasteiger partial charge in [-0.3, -0.25) is 14.6 Å². The van der Waals surface area contributed by atoms with Crippen LogP contribution in [0.5, 0.6) is 0 Å². The number of hydrogen-bond acceptors (Lipinski definition) is 3. The standard InChI is InChI=1S/C16H14BrCl2N5O/c1-8-14(21-16(25)15-12(17)6-20-22-15)9(2)24(23-8)7-10-3-4-11(18)5-13(10)19/h3-6H,7H2,1-2H3,(H,20,22)(H,21,25). The van der Waals surface area contributed by atoms with Gasteiger partial charge >= 0.3 is 0 Å². The van der Waals surface area contributed by atoms with Crippen LogP contribution >= 0.6 is 39.1 Å². The molecule has 0 fully saturated rings. The second kappa shape index (κ2) is 7.19. The van der Waals surface area contributed by atoms with E-state index in [1.165, 1.54) is 6.20 Å². The van der Waals surface area contributed by atoms with Gasteiger partial charge in [0.2, 0.25) is 0 Å². The van der Waals surface area contributed by atoms with Crippen molar-refractivity contribution < 1.29 is 4.79 Å². The first-order valence-corrected chi connectivity index (χ1v) is 8.90. The molecule has 2 heterocycles. The maximum absolute atomic E-state index is 12.4. The molecule has 0 atom stereocenters. The van der Waals surface area contributed by atoms with Crippen molar-refractivity contribution in [2.45, 2.75) is 20.4 Å². The Morgan fingerprint density at radius 1 is 1.36 bits per heavy atom. The number of hydrogen-bond donors (Lipinski definition) is 2. The first-order chi connectivity index (χ1) is 11.9. The fourth-order valence-corrected chi connectivity index (χ4v) is 3.29. The first kappa shape index (κ1) is 18.0. The molecule has 2 aromatic heterocycles. The lowest BCUT2D eigenvalue weighted by Gasteiger charge is -2.08. The van der Waals surface area contributed by atoms with Gasteiger partial charge in [-0.05, 0) is 47.5 Å². The first-order valence-electron chi connectivity index (χ1n) is 7.35. The molecule has 0 unspecified atom stereocenters. The highest BCUT2D eigenvalue weighted by Crippen LogP contribution is 2.25. The van der Waals surface area contributed by atoms with Crippen molar-refractivity contribution in [3.05, 3.63) is 61.6 Å². The van der Waals surface area contributed by atoms with Gasteiger partial charge in [0.25, 0.3) is 5.91 Å². The van der Waals surface area contributed by atoms with E-state index in [0.29, 0.717) is 38.1 Å². The summed E-state index contributed by atoms with van der Waals surface area (Å²) in [6.45, 7) is 4.21. The molecule has 6 nitrogen and oxygen atoms in total. The summed E-state index contributed by atoms with van der Waals surface area (Å²) in [4.78, 5) is 12.4. The van der Waals surface area contributed by atoms with Gasteiger partial charge in [-0.1, -0.05) is 29.3 Å². The summed E-state index contributed by atoms with van der Waals surface area (Å²) >= 11 is 15.4. The molecule has 0 aliphatic heterocycles. The molecular weight excluding hydrogens is 429 g/mol. The van der Waals surface area contributed by atoms with Crippen LogP contribution in [0.4, 0.5) is 5.69 Å². The zero-order chi connectivity index (χ0) is 18.1. The van der Waals surface area contributed by atoms with Crippen molar-refractivity contribution >= 4 is 50.7 Å². The number of H-pyrrole nitrogens is 1. The molecule has 130 valence electrons. The average molecular weight is 443 g/mol. The molecular formula is C16H14BrCl2N5O. The Kier molecular flexibility index (Phi) is 5.17. The maximum Gasteiger partial charge on any atom is 0.274 e. The summed E-state index contributed by atoms with van der Waals surface area (Å²) in [5, 5.41) is 15.0. The Bertz CT molecular complexity index is 950. The van der Waals surface area contributed by atoms with Crippen molar-refractivity contribution in [2.75, 3.05) is 5.32 Å². The largest absolute Gasteiger partial charge is 0.317 e. The molecule has 2 N–H and O–H groups in total. The number of carbonyl (C=O) groups is 1. The topological polar surface area (TPSA) is 75.6 Å². The molecule has 1 aromatic carbocycles. The number of anilines is 1. The van der Waals surface area contributed by atoms with Gasteiger partial charge in [0.05, 0.1) is 34.3 Å². The summed E-state index contributed by atoms with van der Waals surface area (Å²) < 4.78 is 2.39. The van der Waals surface area contributed by atoms with Gasteiger partial charge in [-0.15, -0.1) is 0 Å². The van der Waals surface area contributed by atoms with Crippen LogP contribution in [0.2, 0.25) is 10.0 Å². The lowest BCUT2D eigenvalue weighted by Crippen LogP contribution is -2.14. The number of nitrogens with one attached hydrogen (secondary N) is 2. The molecule has 0 saturated heterocycles. The monoisotopic (exact) mass is 441 g/mol. The molecule has 1 amide bonds. The highest BCUT2D eigenvalue weighted by atomic mass is 79.9. The van der Waals surface area contributed by atoms with Crippen molar-refractivity contribution in [3.63, 3.8) is 0 Å². The van der Waals surface area contributed by atoms with Crippen LogP contribution in [0.15, 0.2) is 28.9 Å². The average Bonchev–Trinajstić information content (AvgIpc) is 3.09. The van der Waals surface area contributed by atoms with E-state index in [1.54, 1.807) is 16.8 Å². The lowest BCUT2D eigenvalue weighted by atomic mass is 10.2. The smallest absolute Gasteiger partial charge is 0.274 e. The highest BCUT2D eigenvalue weighted by Gasteiger charge is 2.18. The summed E-state index contributed by atoms with van der Waals surface area (Å²) in [6.07, 6.45) is 1.53. The quantitative estimate of drug-likeness (QED) is 0.620. The molecule has 9 heteroatoms.